The van der Waals surface area contributed by atoms with Crippen molar-refractivity contribution < 1.29 is 4.79 Å². The average Bonchev–Trinajstić information content (AvgIpc) is 2.77. The maximum atomic E-state index is 11.7. The number of rotatable bonds is 6. The molecule has 0 saturated carbocycles. The Morgan fingerprint density at radius 2 is 1.89 bits per heavy atom. The summed E-state index contributed by atoms with van der Waals surface area (Å²) in [7, 11) is 0. The third-order valence-electron chi connectivity index (χ3n) is 3.37. The van der Waals surface area contributed by atoms with Crippen LogP contribution < -0.4 is 10.6 Å². The van der Waals surface area contributed by atoms with Crippen LogP contribution in [0.25, 0.3) is 0 Å². The normalized spacial score (nSPS) is 18.9. The molecule has 1 aliphatic heterocycles. The van der Waals surface area contributed by atoms with Gasteiger partial charge in [0.15, 0.2) is 0 Å². The minimum Gasteiger partial charge on any atom is -0.355 e. The first-order valence-electron chi connectivity index (χ1n) is 7.14. The molecule has 1 atom stereocenters. The van der Waals surface area contributed by atoms with Crippen LogP contribution in [0.1, 0.15) is 47.0 Å². The fourth-order valence-electron chi connectivity index (χ4n) is 2.21. The van der Waals surface area contributed by atoms with Crippen LogP contribution in [0.5, 0.6) is 0 Å². The van der Waals surface area contributed by atoms with Crippen molar-refractivity contribution in [2.75, 3.05) is 26.2 Å². The van der Waals surface area contributed by atoms with E-state index in [0.29, 0.717) is 12.5 Å². The zero-order valence-electron chi connectivity index (χ0n) is 12.4. The van der Waals surface area contributed by atoms with Gasteiger partial charge in [-0.15, -0.1) is 0 Å². The molecule has 0 aromatic rings. The largest absolute Gasteiger partial charge is 0.355 e. The zero-order chi connectivity index (χ0) is 13.6. The van der Waals surface area contributed by atoms with E-state index in [1.807, 2.05) is 0 Å². The predicted molar refractivity (Wildman–Crippen MR) is 75.7 cm³/mol. The van der Waals surface area contributed by atoms with Gasteiger partial charge in [0, 0.05) is 31.1 Å². The Labute approximate surface area is 111 Å². The summed E-state index contributed by atoms with van der Waals surface area (Å²) in [4.78, 5) is 14.1. The van der Waals surface area contributed by atoms with E-state index in [0.717, 1.165) is 13.1 Å². The van der Waals surface area contributed by atoms with Gasteiger partial charge in [0.25, 0.3) is 0 Å². The number of carbonyl (C=O) groups is 1. The molecule has 1 rings (SSSR count). The second-order valence-electron chi connectivity index (χ2n) is 6.32. The highest BCUT2D eigenvalue weighted by atomic mass is 16.1. The molecule has 1 fully saturated rings. The molecule has 0 aromatic heterocycles. The summed E-state index contributed by atoms with van der Waals surface area (Å²) < 4.78 is 0. The van der Waals surface area contributed by atoms with Crippen LogP contribution in [0.4, 0.5) is 0 Å². The van der Waals surface area contributed by atoms with Crippen molar-refractivity contribution in [3.8, 4) is 0 Å². The van der Waals surface area contributed by atoms with Crippen LogP contribution in [0.3, 0.4) is 0 Å². The van der Waals surface area contributed by atoms with Crippen LogP contribution in [0, 0.1) is 0 Å². The van der Waals surface area contributed by atoms with Crippen LogP contribution >= 0.6 is 0 Å². The third-order valence-corrected chi connectivity index (χ3v) is 3.37. The lowest BCUT2D eigenvalue weighted by atomic mass is 10.1. The SMILES string of the molecule is CC(CNC(=O)CCNC(C)(C)C)N1CCCC1. The number of amides is 1. The molecule has 1 unspecified atom stereocenters. The van der Waals surface area contributed by atoms with E-state index in [-0.39, 0.29) is 11.4 Å². The number of nitrogens with zero attached hydrogens (tertiary/aromatic N) is 1. The van der Waals surface area contributed by atoms with Crippen molar-refractivity contribution >= 4 is 5.91 Å². The van der Waals surface area contributed by atoms with Crippen molar-refractivity contribution in [3.05, 3.63) is 0 Å². The van der Waals surface area contributed by atoms with Gasteiger partial charge in [-0.2, -0.15) is 0 Å². The smallest absolute Gasteiger partial charge is 0.221 e. The number of hydrogen-bond acceptors (Lipinski definition) is 3. The van der Waals surface area contributed by atoms with E-state index in [9.17, 15) is 4.79 Å². The van der Waals surface area contributed by atoms with E-state index in [2.05, 4.69) is 43.2 Å². The first kappa shape index (κ1) is 15.4. The van der Waals surface area contributed by atoms with E-state index < -0.39 is 0 Å². The van der Waals surface area contributed by atoms with Crippen LogP contribution in [-0.4, -0.2) is 48.6 Å². The van der Waals surface area contributed by atoms with E-state index in [4.69, 9.17) is 0 Å². The number of likely N-dealkylation sites (tertiary alicyclic amines) is 1. The monoisotopic (exact) mass is 255 g/mol. The van der Waals surface area contributed by atoms with Crippen molar-refractivity contribution in [1.82, 2.24) is 15.5 Å². The van der Waals surface area contributed by atoms with Crippen molar-refractivity contribution in [2.45, 2.75) is 58.5 Å². The van der Waals surface area contributed by atoms with E-state index >= 15 is 0 Å². The van der Waals surface area contributed by atoms with Crippen LogP contribution in [0.15, 0.2) is 0 Å². The zero-order valence-corrected chi connectivity index (χ0v) is 12.4. The number of carbonyl (C=O) groups excluding carboxylic acids is 1. The summed E-state index contributed by atoms with van der Waals surface area (Å²) in [5.41, 5.74) is 0.0864. The van der Waals surface area contributed by atoms with Gasteiger partial charge in [-0.25, -0.2) is 0 Å². The van der Waals surface area contributed by atoms with Gasteiger partial charge in [0.1, 0.15) is 0 Å². The van der Waals surface area contributed by atoms with Gasteiger partial charge < -0.3 is 10.6 Å². The fourth-order valence-corrected chi connectivity index (χ4v) is 2.21. The van der Waals surface area contributed by atoms with Gasteiger partial charge in [-0.3, -0.25) is 9.69 Å². The first-order chi connectivity index (χ1) is 8.38. The van der Waals surface area contributed by atoms with Crippen molar-refractivity contribution in [1.29, 1.82) is 0 Å². The molecule has 1 saturated heterocycles. The number of nitrogens with one attached hydrogen (secondary N) is 2. The Morgan fingerprint density at radius 1 is 1.28 bits per heavy atom. The minimum absolute atomic E-state index is 0.0864. The fraction of sp³-hybridized carbons (Fsp3) is 0.929. The summed E-state index contributed by atoms with van der Waals surface area (Å²) in [5, 5.41) is 6.35. The van der Waals surface area contributed by atoms with Crippen LogP contribution in [-0.2, 0) is 4.79 Å². The Morgan fingerprint density at radius 3 is 2.44 bits per heavy atom. The summed E-state index contributed by atoms with van der Waals surface area (Å²) in [5.74, 6) is 0.151. The lowest BCUT2D eigenvalue weighted by Crippen LogP contribution is -2.42. The summed E-state index contributed by atoms with van der Waals surface area (Å²) >= 11 is 0. The molecule has 18 heavy (non-hydrogen) atoms. The third kappa shape index (κ3) is 6.36. The molecule has 0 aliphatic carbocycles. The molecule has 0 aromatic carbocycles. The molecular formula is C14H29N3O. The quantitative estimate of drug-likeness (QED) is 0.753. The van der Waals surface area contributed by atoms with Gasteiger partial charge in [0.2, 0.25) is 5.91 Å². The van der Waals surface area contributed by atoms with Crippen molar-refractivity contribution in [2.24, 2.45) is 0 Å². The Hall–Kier alpha value is -0.610. The van der Waals surface area contributed by atoms with E-state index in [1.165, 1.54) is 25.9 Å². The molecule has 0 spiro atoms. The molecule has 0 radical (unpaired) electrons. The summed E-state index contributed by atoms with van der Waals surface area (Å²) in [6.45, 7) is 12.4. The van der Waals surface area contributed by atoms with Gasteiger partial charge in [-0.05, 0) is 53.6 Å². The summed E-state index contributed by atoms with van der Waals surface area (Å²) in [6, 6.07) is 0.465. The second-order valence-corrected chi connectivity index (χ2v) is 6.32. The highest BCUT2D eigenvalue weighted by Gasteiger charge is 2.18. The minimum atomic E-state index is 0.0864. The highest BCUT2D eigenvalue weighted by molar-refractivity contribution is 5.76. The lowest BCUT2D eigenvalue weighted by Gasteiger charge is -2.24. The molecule has 1 aliphatic rings. The second kappa shape index (κ2) is 7.10. The average molecular weight is 255 g/mol. The molecule has 4 heteroatoms. The molecule has 4 nitrogen and oxygen atoms in total. The Bertz CT molecular complexity index is 254. The number of hydrogen-bond donors (Lipinski definition) is 2. The molecule has 1 amide bonds. The van der Waals surface area contributed by atoms with Gasteiger partial charge in [-0.1, -0.05) is 0 Å². The van der Waals surface area contributed by atoms with Crippen LogP contribution in [0.2, 0.25) is 0 Å². The Kier molecular flexibility index (Phi) is 6.09. The van der Waals surface area contributed by atoms with Gasteiger partial charge in [0.05, 0.1) is 0 Å². The molecular weight excluding hydrogens is 226 g/mol. The Balaban J connectivity index is 2.09. The first-order valence-corrected chi connectivity index (χ1v) is 7.14. The highest BCUT2D eigenvalue weighted by Crippen LogP contribution is 2.10. The molecule has 106 valence electrons. The topological polar surface area (TPSA) is 44.4 Å². The van der Waals surface area contributed by atoms with E-state index in [1.54, 1.807) is 0 Å². The maximum absolute atomic E-state index is 11.7. The maximum Gasteiger partial charge on any atom is 0.221 e. The predicted octanol–water partition coefficient (Wildman–Crippen LogP) is 1.37. The molecule has 0 bridgehead atoms. The summed E-state index contributed by atoms with van der Waals surface area (Å²) in [6.07, 6.45) is 3.16. The van der Waals surface area contributed by atoms with Crippen molar-refractivity contribution in [3.63, 3.8) is 0 Å². The molecule has 1 heterocycles. The van der Waals surface area contributed by atoms with Gasteiger partial charge >= 0.3 is 0 Å². The standard InChI is InChI=1S/C14H29N3O/c1-12(17-9-5-6-10-17)11-15-13(18)7-8-16-14(2,3)4/h12,16H,5-11H2,1-4H3,(H,15,18). The lowest BCUT2D eigenvalue weighted by molar-refractivity contribution is -0.121. The molecule has 2 N–H and O–H groups in total.